The molecule has 0 radical (unpaired) electrons. The Kier molecular flexibility index (Phi) is 4.15. The molecule has 0 aromatic heterocycles. The Labute approximate surface area is 132 Å². The summed E-state index contributed by atoms with van der Waals surface area (Å²) in [5, 5.41) is 9.25. The molecule has 0 spiro atoms. The standard InChI is InChI=1S/C15H16ClNO5/c1-8(13(19)20)17-10-6-9(11(18)7-16)4-5-12(10)22-15(2,3)14(17)21/h4-6,8H,7H2,1-3H3,(H,19,20). The van der Waals surface area contributed by atoms with Crippen molar-refractivity contribution in [2.24, 2.45) is 0 Å². The molecular weight excluding hydrogens is 310 g/mol. The summed E-state index contributed by atoms with van der Waals surface area (Å²) in [7, 11) is 0. The Morgan fingerprint density at radius 1 is 1.41 bits per heavy atom. The fourth-order valence-corrected chi connectivity index (χ4v) is 2.41. The molecule has 1 aliphatic heterocycles. The van der Waals surface area contributed by atoms with Gasteiger partial charge in [-0.15, -0.1) is 11.6 Å². The maximum absolute atomic E-state index is 12.5. The minimum atomic E-state index is -1.19. The van der Waals surface area contributed by atoms with E-state index in [1.54, 1.807) is 26.0 Å². The molecule has 1 heterocycles. The van der Waals surface area contributed by atoms with Gasteiger partial charge in [-0.1, -0.05) is 0 Å². The molecule has 1 aromatic carbocycles. The van der Waals surface area contributed by atoms with Crippen LogP contribution in [-0.2, 0) is 9.59 Å². The number of nitrogens with zero attached hydrogens (tertiary/aromatic N) is 1. The van der Waals surface area contributed by atoms with Crippen molar-refractivity contribution in [3.05, 3.63) is 23.8 Å². The number of rotatable bonds is 4. The van der Waals surface area contributed by atoms with Gasteiger partial charge in [-0.2, -0.15) is 0 Å². The van der Waals surface area contributed by atoms with Crippen LogP contribution in [0.2, 0.25) is 0 Å². The van der Waals surface area contributed by atoms with Gasteiger partial charge in [0.25, 0.3) is 5.91 Å². The summed E-state index contributed by atoms with van der Waals surface area (Å²) >= 11 is 5.54. The lowest BCUT2D eigenvalue weighted by Crippen LogP contribution is -2.57. The number of carboxylic acid groups (broad SMARTS) is 1. The molecule has 22 heavy (non-hydrogen) atoms. The zero-order chi connectivity index (χ0) is 16.7. The van der Waals surface area contributed by atoms with Crippen molar-refractivity contribution in [3.8, 4) is 5.75 Å². The first kappa shape index (κ1) is 16.3. The van der Waals surface area contributed by atoms with Crippen LogP contribution in [0.4, 0.5) is 5.69 Å². The highest BCUT2D eigenvalue weighted by Gasteiger charge is 2.44. The number of carbonyl (C=O) groups excluding carboxylic acids is 2. The topological polar surface area (TPSA) is 83.9 Å². The van der Waals surface area contributed by atoms with E-state index in [0.717, 1.165) is 4.90 Å². The van der Waals surface area contributed by atoms with Gasteiger partial charge in [0.05, 0.1) is 11.6 Å². The van der Waals surface area contributed by atoms with Crippen molar-refractivity contribution >= 4 is 34.9 Å². The minimum absolute atomic E-state index is 0.201. The zero-order valence-corrected chi connectivity index (χ0v) is 13.2. The van der Waals surface area contributed by atoms with Crippen molar-refractivity contribution < 1.29 is 24.2 Å². The van der Waals surface area contributed by atoms with Crippen LogP contribution in [0.15, 0.2) is 18.2 Å². The van der Waals surface area contributed by atoms with Crippen molar-refractivity contribution in [2.75, 3.05) is 10.8 Å². The SMILES string of the molecule is CC(C(=O)O)N1C(=O)C(C)(C)Oc2ccc(C(=O)CCl)cc21. The lowest BCUT2D eigenvalue weighted by molar-refractivity contribution is -0.142. The predicted octanol–water partition coefficient (Wildman–Crippen LogP) is 2.09. The third-order valence-electron chi connectivity index (χ3n) is 3.51. The van der Waals surface area contributed by atoms with Gasteiger partial charge in [0, 0.05) is 5.56 Å². The number of Topliss-reactive ketones (excluding diaryl/α,β-unsaturated/α-hetero) is 1. The molecule has 1 aliphatic rings. The summed E-state index contributed by atoms with van der Waals surface area (Å²) < 4.78 is 5.63. The second kappa shape index (κ2) is 5.61. The fraction of sp³-hybridized carbons (Fsp3) is 0.400. The quantitative estimate of drug-likeness (QED) is 0.677. The third-order valence-corrected chi connectivity index (χ3v) is 3.75. The Balaban J connectivity index is 2.61. The van der Waals surface area contributed by atoms with Crippen LogP contribution in [0.1, 0.15) is 31.1 Å². The number of ketones is 1. The van der Waals surface area contributed by atoms with Gasteiger partial charge < -0.3 is 9.84 Å². The maximum Gasteiger partial charge on any atom is 0.326 e. The normalized spacial score (nSPS) is 17.5. The molecule has 1 unspecified atom stereocenters. The van der Waals surface area contributed by atoms with Gasteiger partial charge in [-0.05, 0) is 39.0 Å². The van der Waals surface area contributed by atoms with Gasteiger partial charge >= 0.3 is 5.97 Å². The van der Waals surface area contributed by atoms with Crippen molar-refractivity contribution in [1.29, 1.82) is 0 Å². The molecule has 1 N–H and O–H groups in total. The predicted molar refractivity (Wildman–Crippen MR) is 80.8 cm³/mol. The lowest BCUT2D eigenvalue weighted by atomic mass is 10.00. The van der Waals surface area contributed by atoms with Crippen LogP contribution < -0.4 is 9.64 Å². The van der Waals surface area contributed by atoms with Gasteiger partial charge in [-0.3, -0.25) is 14.5 Å². The molecule has 0 bridgehead atoms. The Bertz CT molecular complexity index is 655. The summed E-state index contributed by atoms with van der Waals surface area (Å²) in [6, 6.07) is 3.44. The number of amides is 1. The molecular formula is C15H16ClNO5. The second-order valence-corrected chi connectivity index (χ2v) is 5.81. The van der Waals surface area contributed by atoms with E-state index in [4.69, 9.17) is 16.3 Å². The van der Waals surface area contributed by atoms with Gasteiger partial charge in [0.1, 0.15) is 11.8 Å². The smallest absolute Gasteiger partial charge is 0.326 e. The number of carboxylic acids is 1. The van der Waals surface area contributed by atoms with E-state index in [-0.39, 0.29) is 17.4 Å². The van der Waals surface area contributed by atoms with Gasteiger partial charge in [-0.25, -0.2) is 4.79 Å². The Hall–Kier alpha value is -2.08. The Morgan fingerprint density at radius 2 is 2.05 bits per heavy atom. The van der Waals surface area contributed by atoms with Crippen LogP contribution in [0.5, 0.6) is 5.75 Å². The number of benzene rings is 1. The summed E-state index contributed by atoms with van der Waals surface area (Å²) in [5.41, 5.74) is -0.628. The third kappa shape index (κ3) is 2.66. The molecule has 118 valence electrons. The molecule has 1 atom stereocenters. The zero-order valence-electron chi connectivity index (χ0n) is 12.4. The average molecular weight is 326 g/mol. The van der Waals surface area contributed by atoms with Crippen molar-refractivity contribution in [2.45, 2.75) is 32.4 Å². The molecule has 0 fully saturated rings. The number of halogens is 1. The van der Waals surface area contributed by atoms with E-state index >= 15 is 0 Å². The van der Waals surface area contributed by atoms with E-state index in [2.05, 4.69) is 0 Å². The number of carbonyl (C=O) groups is 3. The number of fused-ring (bicyclic) bond motifs is 1. The van der Waals surface area contributed by atoms with Crippen LogP contribution in [0.3, 0.4) is 0 Å². The number of hydrogen-bond donors (Lipinski definition) is 1. The number of anilines is 1. The minimum Gasteiger partial charge on any atom is -0.480 e. The first-order valence-electron chi connectivity index (χ1n) is 6.67. The number of ether oxygens (including phenoxy) is 1. The van der Waals surface area contributed by atoms with Crippen LogP contribution in [0.25, 0.3) is 0 Å². The largest absolute Gasteiger partial charge is 0.480 e. The van der Waals surface area contributed by atoms with Crippen molar-refractivity contribution in [3.63, 3.8) is 0 Å². The molecule has 0 saturated heterocycles. The molecule has 0 saturated carbocycles. The van der Waals surface area contributed by atoms with Crippen LogP contribution >= 0.6 is 11.6 Å². The monoisotopic (exact) mass is 325 g/mol. The Morgan fingerprint density at radius 3 is 2.59 bits per heavy atom. The highest BCUT2D eigenvalue weighted by Crippen LogP contribution is 2.39. The molecule has 1 amide bonds. The van der Waals surface area contributed by atoms with Crippen LogP contribution in [0, 0.1) is 0 Å². The summed E-state index contributed by atoms with van der Waals surface area (Å²) in [6.45, 7) is 4.54. The van der Waals surface area contributed by atoms with E-state index < -0.39 is 23.5 Å². The van der Waals surface area contributed by atoms with E-state index in [1.165, 1.54) is 13.0 Å². The van der Waals surface area contributed by atoms with Crippen LogP contribution in [-0.4, -0.2) is 40.3 Å². The summed E-state index contributed by atoms with van der Waals surface area (Å²) in [4.78, 5) is 36.7. The average Bonchev–Trinajstić information content (AvgIpc) is 2.46. The molecule has 1 aromatic rings. The summed E-state index contributed by atoms with van der Waals surface area (Å²) in [5.74, 6) is -1.79. The van der Waals surface area contributed by atoms with E-state index in [9.17, 15) is 19.5 Å². The molecule has 2 rings (SSSR count). The van der Waals surface area contributed by atoms with Crippen molar-refractivity contribution in [1.82, 2.24) is 0 Å². The highest BCUT2D eigenvalue weighted by atomic mass is 35.5. The number of alkyl halides is 1. The lowest BCUT2D eigenvalue weighted by Gasteiger charge is -2.40. The summed E-state index contributed by atoms with van der Waals surface area (Å²) in [6.07, 6.45) is 0. The number of hydrogen-bond acceptors (Lipinski definition) is 4. The molecule has 0 aliphatic carbocycles. The number of aliphatic carboxylic acids is 1. The van der Waals surface area contributed by atoms with Gasteiger partial charge in [0.2, 0.25) is 0 Å². The highest BCUT2D eigenvalue weighted by molar-refractivity contribution is 6.30. The first-order chi connectivity index (χ1) is 10.2. The van der Waals surface area contributed by atoms with E-state index in [1.807, 2.05) is 0 Å². The maximum atomic E-state index is 12.5. The molecule has 6 nitrogen and oxygen atoms in total. The molecule has 7 heteroatoms. The second-order valence-electron chi connectivity index (χ2n) is 5.54. The van der Waals surface area contributed by atoms with Gasteiger partial charge in [0.15, 0.2) is 11.4 Å². The van der Waals surface area contributed by atoms with E-state index in [0.29, 0.717) is 11.3 Å². The fourth-order valence-electron chi connectivity index (χ4n) is 2.26. The first-order valence-corrected chi connectivity index (χ1v) is 7.21.